The zero-order valence-electron chi connectivity index (χ0n) is 17.5. The minimum Gasteiger partial charge on any atom is -0.388 e. The number of rotatable bonds is 4. The Labute approximate surface area is 182 Å². The highest BCUT2D eigenvalue weighted by Crippen LogP contribution is 2.29. The molecule has 4 N–H and O–H groups in total. The lowest BCUT2D eigenvalue weighted by Gasteiger charge is -2.32. The van der Waals surface area contributed by atoms with Crippen molar-refractivity contribution < 1.29 is 19.8 Å². The van der Waals surface area contributed by atoms with Gasteiger partial charge in [-0.3, -0.25) is 9.59 Å². The van der Waals surface area contributed by atoms with Crippen LogP contribution >= 0.6 is 0 Å². The number of aliphatic hydroxyl groups is 2. The van der Waals surface area contributed by atoms with Crippen molar-refractivity contribution in [2.45, 2.75) is 37.5 Å². The maximum atomic E-state index is 13.0. The van der Waals surface area contributed by atoms with Crippen LogP contribution in [0.3, 0.4) is 0 Å². The third kappa shape index (κ3) is 4.63. The van der Waals surface area contributed by atoms with Crippen molar-refractivity contribution >= 4 is 11.8 Å². The highest BCUT2D eigenvalue weighted by atomic mass is 16.3. The van der Waals surface area contributed by atoms with Crippen molar-refractivity contribution in [1.82, 2.24) is 9.80 Å². The molecule has 0 unspecified atom stereocenters. The molecular weight excluding hydrogens is 394 g/mol. The first-order chi connectivity index (χ1) is 15.0. The number of benzene rings is 2. The predicted molar refractivity (Wildman–Crippen MR) is 117 cm³/mol. The monoisotopic (exact) mass is 423 g/mol. The van der Waals surface area contributed by atoms with E-state index in [1.165, 1.54) is 10.5 Å². The van der Waals surface area contributed by atoms with Crippen LogP contribution in [0, 0.1) is 0 Å². The second kappa shape index (κ2) is 9.18. The maximum absolute atomic E-state index is 13.0. The smallest absolute Gasteiger partial charge is 0.254 e. The summed E-state index contributed by atoms with van der Waals surface area (Å²) in [5.74, 6) is 0.0468. The van der Waals surface area contributed by atoms with E-state index >= 15 is 0 Å². The van der Waals surface area contributed by atoms with Gasteiger partial charge in [0.1, 0.15) is 0 Å². The molecule has 0 radical (unpaired) electrons. The van der Waals surface area contributed by atoms with E-state index in [9.17, 15) is 19.8 Å². The lowest BCUT2D eigenvalue weighted by Crippen LogP contribution is -2.38. The molecule has 0 spiro atoms. The van der Waals surface area contributed by atoms with Crippen LogP contribution in [-0.2, 0) is 6.54 Å². The molecule has 2 aromatic carbocycles. The Kier molecular flexibility index (Phi) is 6.36. The third-order valence-corrected chi connectivity index (χ3v) is 6.34. The zero-order chi connectivity index (χ0) is 22.0. The topological polar surface area (TPSA) is 107 Å². The molecule has 0 saturated carbocycles. The number of piperidine rings is 1. The summed E-state index contributed by atoms with van der Waals surface area (Å²) in [7, 11) is 0. The Morgan fingerprint density at radius 2 is 1.45 bits per heavy atom. The van der Waals surface area contributed by atoms with Crippen LogP contribution in [-0.4, -0.2) is 70.2 Å². The van der Waals surface area contributed by atoms with Crippen LogP contribution < -0.4 is 5.73 Å². The molecule has 0 aromatic heterocycles. The van der Waals surface area contributed by atoms with Gasteiger partial charge in [0.25, 0.3) is 11.8 Å². The number of carbonyl (C=O) groups is 2. The Morgan fingerprint density at radius 3 is 2.06 bits per heavy atom. The summed E-state index contributed by atoms with van der Waals surface area (Å²) in [6, 6.07) is 15.0. The molecule has 2 aliphatic heterocycles. The predicted octanol–water partition coefficient (Wildman–Crippen LogP) is 1.34. The van der Waals surface area contributed by atoms with E-state index in [-0.39, 0.29) is 24.9 Å². The molecule has 0 bridgehead atoms. The van der Waals surface area contributed by atoms with Gasteiger partial charge in [-0.1, -0.05) is 30.3 Å². The van der Waals surface area contributed by atoms with Crippen molar-refractivity contribution in [2.24, 2.45) is 5.73 Å². The van der Waals surface area contributed by atoms with Gasteiger partial charge in [-0.05, 0) is 48.1 Å². The van der Waals surface area contributed by atoms with Gasteiger partial charge in [-0.15, -0.1) is 0 Å². The summed E-state index contributed by atoms with van der Waals surface area (Å²) in [6.45, 7) is 2.04. The van der Waals surface area contributed by atoms with E-state index in [0.29, 0.717) is 36.7 Å². The highest BCUT2D eigenvalue weighted by molar-refractivity contribution is 5.99. The first kappa shape index (κ1) is 21.5. The summed E-state index contributed by atoms with van der Waals surface area (Å²) in [5.41, 5.74) is 9.02. The molecule has 2 aromatic rings. The van der Waals surface area contributed by atoms with Gasteiger partial charge in [0.2, 0.25) is 0 Å². The largest absolute Gasteiger partial charge is 0.388 e. The minimum absolute atomic E-state index is 0.0784. The Bertz CT molecular complexity index is 945. The quantitative estimate of drug-likeness (QED) is 0.688. The molecule has 2 amide bonds. The number of aliphatic hydroxyl groups excluding tert-OH is 2. The van der Waals surface area contributed by atoms with Crippen LogP contribution in [0.4, 0.5) is 0 Å². The lowest BCUT2D eigenvalue weighted by molar-refractivity contribution is 0.0572. The van der Waals surface area contributed by atoms with Crippen molar-refractivity contribution in [3.8, 4) is 0 Å². The van der Waals surface area contributed by atoms with Crippen molar-refractivity contribution in [2.75, 3.05) is 26.2 Å². The number of hydrogen-bond donors (Lipinski definition) is 3. The molecule has 2 fully saturated rings. The Morgan fingerprint density at radius 1 is 0.871 bits per heavy atom. The molecule has 2 aliphatic rings. The Hall–Kier alpha value is -2.74. The summed E-state index contributed by atoms with van der Waals surface area (Å²) < 4.78 is 0. The lowest BCUT2D eigenvalue weighted by atomic mass is 9.88. The third-order valence-electron chi connectivity index (χ3n) is 6.34. The van der Waals surface area contributed by atoms with E-state index in [1.807, 2.05) is 17.0 Å². The number of nitrogens with zero attached hydrogens (tertiary/aromatic N) is 2. The first-order valence-corrected chi connectivity index (χ1v) is 10.8. The van der Waals surface area contributed by atoms with Gasteiger partial charge in [0.05, 0.1) is 12.2 Å². The molecule has 2 heterocycles. The molecule has 2 atom stereocenters. The van der Waals surface area contributed by atoms with Crippen molar-refractivity contribution in [3.05, 3.63) is 70.8 Å². The van der Waals surface area contributed by atoms with Gasteiger partial charge in [0.15, 0.2) is 0 Å². The van der Waals surface area contributed by atoms with Crippen LogP contribution in [0.5, 0.6) is 0 Å². The number of likely N-dealkylation sites (tertiary alicyclic amines) is 2. The van der Waals surface area contributed by atoms with Crippen LogP contribution in [0.1, 0.15) is 50.6 Å². The van der Waals surface area contributed by atoms with Crippen LogP contribution in [0.2, 0.25) is 0 Å². The molecule has 4 rings (SSSR count). The summed E-state index contributed by atoms with van der Waals surface area (Å²) in [4.78, 5) is 29.0. The van der Waals surface area contributed by atoms with E-state index in [4.69, 9.17) is 5.73 Å². The van der Waals surface area contributed by atoms with Gasteiger partial charge >= 0.3 is 0 Å². The fourth-order valence-corrected chi connectivity index (χ4v) is 4.48. The number of amides is 2. The van der Waals surface area contributed by atoms with Gasteiger partial charge in [0, 0.05) is 43.9 Å². The van der Waals surface area contributed by atoms with E-state index in [2.05, 4.69) is 12.1 Å². The molecule has 0 aliphatic carbocycles. The highest BCUT2D eigenvalue weighted by Gasteiger charge is 2.33. The maximum Gasteiger partial charge on any atom is 0.254 e. The summed E-state index contributed by atoms with van der Waals surface area (Å²) in [6.07, 6.45) is -0.0784. The number of nitrogens with two attached hydrogens (primary N) is 1. The summed E-state index contributed by atoms with van der Waals surface area (Å²) in [5, 5.41) is 19.4. The van der Waals surface area contributed by atoms with Crippen LogP contribution in [0.15, 0.2) is 48.5 Å². The number of β-amino-alcohol motifs (C(OH)–C–C–N with tert-alkyl or cyclic N) is 2. The zero-order valence-corrected chi connectivity index (χ0v) is 17.5. The standard InChI is InChI=1S/C24H29N3O4/c25-13-16-3-1-4-18(11-16)17-7-9-26(10-8-17)23(30)19-5-2-6-20(12-19)24(31)27-14-21(28)22(29)15-27/h1-6,11-12,17,21-22,28-29H,7-10,13-15,25H2/t21-,22-/m1/s1. The molecule has 7 nitrogen and oxygen atoms in total. The Balaban J connectivity index is 1.40. The average molecular weight is 424 g/mol. The fourth-order valence-electron chi connectivity index (χ4n) is 4.48. The van der Waals surface area contributed by atoms with E-state index < -0.39 is 12.2 Å². The number of carbonyl (C=O) groups excluding carboxylic acids is 2. The second-order valence-electron chi connectivity index (χ2n) is 8.44. The van der Waals surface area contributed by atoms with E-state index in [1.54, 1.807) is 24.3 Å². The van der Waals surface area contributed by atoms with Crippen molar-refractivity contribution in [1.29, 1.82) is 0 Å². The fraction of sp³-hybridized carbons (Fsp3) is 0.417. The molecule has 164 valence electrons. The van der Waals surface area contributed by atoms with E-state index in [0.717, 1.165) is 18.4 Å². The minimum atomic E-state index is -0.930. The molecular formula is C24H29N3O4. The molecule has 2 saturated heterocycles. The van der Waals surface area contributed by atoms with Crippen molar-refractivity contribution in [3.63, 3.8) is 0 Å². The van der Waals surface area contributed by atoms with Gasteiger partial charge < -0.3 is 25.7 Å². The first-order valence-electron chi connectivity index (χ1n) is 10.8. The SMILES string of the molecule is NCc1cccc(C2CCN(C(=O)c3cccc(C(=O)N4C[C@@H](O)[C@H](O)C4)c3)CC2)c1. The van der Waals surface area contributed by atoms with Gasteiger partial charge in [-0.25, -0.2) is 0 Å². The normalized spacial score (nSPS) is 22.0. The number of hydrogen-bond acceptors (Lipinski definition) is 5. The summed E-state index contributed by atoms with van der Waals surface area (Å²) >= 11 is 0. The van der Waals surface area contributed by atoms with Crippen LogP contribution in [0.25, 0.3) is 0 Å². The molecule has 31 heavy (non-hydrogen) atoms. The molecule has 7 heteroatoms. The van der Waals surface area contributed by atoms with Gasteiger partial charge in [-0.2, -0.15) is 0 Å². The average Bonchev–Trinajstić information content (AvgIpc) is 3.16. The second-order valence-corrected chi connectivity index (χ2v) is 8.44.